The summed E-state index contributed by atoms with van der Waals surface area (Å²) >= 11 is 5.94. The van der Waals surface area contributed by atoms with Gasteiger partial charge in [-0.2, -0.15) is 5.26 Å². The van der Waals surface area contributed by atoms with Crippen LogP contribution in [0.3, 0.4) is 0 Å². The van der Waals surface area contributed by atoms with Crippen molar-refractivity contribution >= 4 is 11.6 Å². The fraction of sp³-hybridized carbons (Fsp3) is 0.417. The average molecular weight is 221 g/mol. The summed E-state index contributed by atoms with van der Waals surface area (Å²) in [6, 6.07) is 10.6. The summed E-state index contributed by atoms with van der Waals surface area (Å²) in [7, 11) is 0. The highest BCUT2D eigenvalue weighted by Gasteiger charge is 2.21. The van der Waals surface area contributed by atoms with E-state index in [2.05, 4.69) is 17.5 Å². The summed E-state index contributed by atoms with van der Waals surface area (Å²) in [4.78, 5) is 0. The first-order chi connectivity index (χ1) is 7.29. The van der Waals surface area contributed by atoms with E-state index in [1.807, 2.05) is 18.2 Å². The molecule has 1 aliphatic rings. The second-order valence-electron chi connectivity index (χ2n) is 3.92. The van der Waals surface area contributed by atoms with Crippen LogP contribution in [0.1, 0.15) is 24.4 Å². The number of nitrogens with one attached hydrogen (secondary N) is 1. The van der Waals surface area contributed by atoms with Crippen molar-refractivity contribution in [3.05, 3.63) is 34.9 Å². The predicted octanol–water partition coefficient (Wildman–Crippen LogP) is 2.90. The van der Waals surface area contributed by atoms with Gasteiger partial charge < -0.3 is 5.32 Å². The van der Waals surface area contributed by atoms with Gasteiger partial charge in [0.1, 0.15) is 0 Å². The number of hydrogen-bond acceptors (Lipinski definition) is 2. The van der Waals surface area contributed by atoms with Crippen LogP contribution in [0, 0.1) is 17.2 Å². The lowest BCUT2D eigenvalue weighted by Gasteiger charge is -2.26. The van der Waals surface area contributed by atoms with Crippen LogP contribution in [0.5, 0.6) is 0 Å². The van der Waals surface area contributed by atoms with Crippen molar-refractivity contribution < 1.29 is 0 Å². The molecule has 0 radical (unpaired) electrons. The summed E-state index contributed by atoms with van der Waals surface area (Å²) in [5.41, 5.74) is 1.22. The molecule has 2 rings (SSSR count). The van der Waals surface area contributed by atoms with Crippen molar-refractivity contribution in [3.8, 4) is 6.07 Å². The molecule has 1 saturated heterocycles. The van der Waals surface area contributed by atoms with Crippen LogP contribution in [0.25, 0.3) is 0 Å². The van der Waals surface area contributed by atoms with E-state index in [0.717, 1.165) is 24.4 Å². The molecule has 3 heteroatoms. The van der Waals surface area contributed by atoms with Crippen molar-refractivity contribution in [1.82, 2.24) is 5.32 Å². The summed E-state index contributed by atoms with van der Waals surface area (Å²) in [5, 5.41) is 12.9. The quantitative estimate of drug-likeness (QED) is 0.790. The Kier molecular flexibility index (Phi) is 3.25. The Morgan fingerprint density at radius 1 is 1.40 bits per heavy atom. The Morgan fingerprint density at radius 3 is 2.87 bits per heavy atom. The summed E-state index contributed by atoms with van der Waals surface area (Å²) in [5.74, 6) is 0.167. The zero-order valence-corrected chi connectivity index (χ0v) is 9.17. The summed E-state index contributed by atoms with van der Waals surface area (Å²) in [6.07, 6.45) is 1.99. The third-order valence-electron chi connectivity index (χ3n) is 2.85. The van der Waals surface area contributed by atoms with Gasteiger partial charge in [0, 0.05) is 17.6 Å². The predicted molar refractivity (Wildman–Crippen MR) is 60.5 cm³/mol. The third-order valence-corrected chi connectivity index (χ3v) is 3.08. The smallest absolute Gasteiger partial charge is 0.0669 e. The second-order valence-corrected chi connectivity index (χ2v) is 4.36. The van der Waals surface area contributed by atoms with Gasteiger partial charge in [0.2, 0.25) is 0 Å². The van der Waals surface area contributed by atoms with E-state index >= 15 is 0 Å². The molecule has 1 heterocycles. The molecule has 0 bridgehead atoms. The van der Waals surface area contributed by atoms with Gasteiger partial charge in [-0.05, 0) is 30.5 Å². The maximum absolute atomic E-state index is 8.78. The van der Waals surface area contributed by atoms with Crippen molar-refractivity contribution in [2.75, 3.05) is 6.54 Å². The Morgan fingerprint density at radius 2 is 2.27 bits per heavy atom. The molecule has 2 atom stereocenters. The number of nitrogens with zero attached hydrogens (tertiary/aromatic N) is 1. The normalized spacial score (nSPS) is 25.9. The molecule has 1 N–H and O–H groups in total. The highest BCUT2D eigenvalue weighted by Crippen LogP contribution is 2.26. The van der Waals surface area contributed by atoms with Crippen LogP contribution >= 0.6 is 11.6 Å². The summed E-state index contributed by atoms with van der Waals surface area (Å²) < 4.78 is 0. The van der Waals surface area contributed by atoms with Crippen LogP contribution in [0.15, 0.2) is 24.3 Å². The minimum absolute atomic E-state index is 0.167. The minimum Gasteiger partial charge on any atom is -0.309 e. The Hall–Kier alpha value is -1.04. The standard InChI is InChI=1S/C12H13ClN2/c13-11-3-1-2-10(6-11)12-5-4-9(7-14)8-15-12/h1-3,6,9,12,15H,4-5,8H2. The van der Waals surface area contributed by atoms with Crippen LogP contribution in [-0.2, 0) is 0 Å². The van der Waals surface area contributed by atoms with E-state index in [1.54, 1.807) is 0 Å². The Bertz CT molecular complexity index is 375. The second kappa shape index (κ2) is 4.65. The number of piperidine rings is 1. The lowest BCUT2D eigenvalue weighted by atomic mass is 9.92. The molecule has 1 aromatic rings. The zero-order chi connectivity index (χ0) is 10.7. The maximum Gasteiger partial charge on any atom is 0.0669 e. The molecule has 0 aromatic heterocycles. The lowest BCUT2D eigenvalue weighted by molar-refractivity contribution is 0.362. The Balaban J connectivity index is 2.05. The molecule has 0 spiro atoms. The monoisotopic (exact) mass is 220 g/mol. The fourth-order valence-corrected chi connectivity index (χ4v) is 2.17. The van der Waals surface area contributed by atoms with E-state index in [9.17, 15) is 0 Å². The molecule has 2 unspecified atom stereocenters. The number of rotatable bonds is 1. The van der Waals surface area contributed by atoms with Crippen LogP contribution in [-0.4, -0.2) is 6.54 Å². The molecular weight excluding hydrogens is 208 g/mol. The number of halogens is 1. The Labute approximate surface area is 94.9 Å². The first kappa shape index (κ1) is 10.5. The molecule has 1 aromatic carbocycles. The van der Waals surface area contributed by atoms with Crippen molar-refractivity contribution in [1.29, 1.82) is 5.26 Å². The van der Waals surface area contributed by atoms with Crippen molar-refractivity contribution in [2.24, 2.45) is 5.92 Å². The van der Waals surface area contributed by atoms with Gasteiger partial charge in [-0.15, -0.1) is 0 Å². The van der Waals surface area contributed by atoms with Crippen molar-refractivity contribution in [2.45, 2.75) is 18.9 Å². The number of hydrogen-bond donors (Lipinski definition) is 1. The van der Waals surface area contributed by atoms with E-state index < -0.39 is 0 Å². The molecule has 2 nitrogen and oxygen atoms in total. The van der Waals surface area contributed by atoms with Crippen LogP contribution in [0.2, 0.25) is 5.02 Å². The van der Waals surface area contributed by atoms with Gasteiger partial charge in [-0.25, -0.2) is 0 Å². The minimum atomic E-state index is 0.167. The van der Waals surface area contributed by atoms with Gasteiger partial charge in [0.15, 0.2) is 0 Å². The van der Waals surface area contributed by atoms with Gasteiger partial charge in [0.25, 0.3) is 0 Å². The van der Waals surface area contributed by atoms with Gasteiger partial charge in [-0.3, -0.25) is 0 Å². The molecule has 78 valence electrons. The van der Waals surface area contributed by atoms with E-state index in [1.165, 1.54) is 5.56 Å². The molecule has 0 amide bonds. The fourth-order valence-electron chi connectivity index (χ4n) is 1.97. The zero-order valence-electron chi connectivity index (χ0n) is 8.41. The first-order valence-corrected chi connectivity index (χ1v) is 5.56. The first-order valence-electron chi connectivity index (χ1n) is 5.18. The molecule has 0 saturated carbocycles. The molecule has 15 heavy (non-hydrogen) atoms. The summed E-state index contributed by atoms with van der Waals surface area (Å²) in [6.45, 7) is 0.785. The number of benzene rings is 1. The largest absolute Gasteiger partial charge is 0.309 e. The van der Waals surface area contributed by atoms with Gasteiger partial charge in [-0.1, -0.05) is 23.7 Å². The van der Waals surface area contributed by atoms with Gasteiger partial charge in [0.05, 0.1) is 12.0 Å². The van der Waals surface area contributed by atoms with E-state index in [-0.39, 0.29) is 5.92 Å². The highest BCUT2D eigenvalue weighted by molar-refractivity contribution is 6.30. The van der Waals surface area contributed by atoms with Crippen molar-refractivity contribution in [3.63, 3.8) is 0 Å². The molecular formula is C12H13ClN2. The molecule has 0 aliphatic carbocycles. The van der Waals surface area contributed by atoms with E-state index in [4.69, 9.17) is 16.9 Å². The number of nitriles is 1. The molecule has 1 fully saturated rings. The van der Waals surface area contributed by atoms with E-state index in [0.29, 0.717) is 6.04 Å². The van der Waals surface area contributed by atoms with Crippen LogP contribution < -0.4 is 5.32 Å². The average Bonchev–Trinajstić information content (AvgIpc) is 2.29. The third kappa shape index (κ3) is 2.50. The van der Waals surface area contributed by atoms with Gasteiger partial charge >= 0.3 is 0 Å². The SMILES string of the molecule is N#CC1CCC(c2cccc(Cl)c2)NC1. The highest BCUT2D eigenvalue weighted by atomic mass is 35.5. The molecule has 1 aliphatic heterocycles. The van der Waals surface area contributed by atoms with Crippen LogP contribution in [0.4, 0.5) is 0 Å². The maximum atomic E-state index is 8.78. The topological polar surface area (TPSA) is 35.8 Å². The lowest BCUT2D eigenvalue weighted by Crippen LogP contribution is -2.32.